The Morgan fingerprint density at radius 3 is 2.24 bits per heavy atom. The number of carbonyl (C=O) groups is 4. The van der Waals surface area contributed by atoms with Gasteiger partial charge < -0.3 is 19.9 Å². The number of piperazine rings is 1. The number of rotatable bonds is 5. The Kier molecular flexibility index (Phi) is 7.70. The molecule has 5 rings (SSSR count). The lowest BCUT2D eigenvalue weighted by molar-refractivity contribution is -0.155. The van der Waals surface area contributed by atoms with Gasteiger partial charge in [0.05, 0.1) is 6.61 Å². The Morgan fingerprint density at radius 1 is 0.842 bits per heavy atom. The van der Waals surface area contributed by atoms with Crippen molar-refractivity contribution in [2.24, 2.45) is 0 Å². The number of likely N-dealkylation sites (tertiary alicyclic amines) is 1. The first kappa shape index (κ1) is 25.9. The fraction of sp³-hybridized carbons (Fsp3) is 0.500. The van der Waals surface area contributed by atoms with Crippen molar-refractivity contribution in [3.05, 3.63) is 54.4 Å². The molecule has 12 nitrogen and oxygen atoms in total. The van der Waals surface area contributed by atoms with E-state index >= 15 is 0 Å². The first-order chi connectivity index (χ1) is 18.5. The van der Waals surface area contributed by atoms with Crippen molar-refractivity contribution in [2.75, 3.05) is 52.4 Å². The minimum Gasteiger partial charge on any atom is -0.365 e. The van der Waals surface area contributed by atoms with E-state index in [4.69, 9.17) is 4.74 Å². The number of aromatic nitrogens is 3. The van der Waals surface area contributed by atoms with Gasteiger partial charge in [-0.2, -0.15) is 0 Å². The fourth-order valence-electron chi connectivity index (χ4n) is 5.37. The maximum atomic E-state index is 14.6. The predicted octanol–water partition coefficient (Wildman–Crippen LogP) is 0.415. The van der Waals surface area contributed by atoms with Crippen molar-refractivity contribution in [3.63, 3.8) is 0 Å². The van der Waals surface area contributed by atoms with Crippen LogP contribution in [0.2, 0.25) is 0 Å². The normalized spacial score (nSPS) is 24.1. The van der Waals surface area contributed by atoms with E-state index in [0.29, 0.717) is 39.3 Å². The van der Waals surface area contributed by atoms with Crippen molar-refractivity contribution in [3.8, 4) is 0 Å². The van der Waals surface area contributed by atoms with Gasteiger partial charge in [0.2, 0.25) is 17.1 Å². The second kappa shape index (κ2) is 11.3. The van der Waals surface area contributed by atoms with E-state index in [2.05, 4.69) is 20.3 Å². The van der Waals surface area contributed by atoms with Crippen molar-refractivity contribution in [1.82, 2.24) is 35.0 Å². The lowest BCUT2D eigenvalue weighted by Crippen LogP contribution is -2.77. The summed E-state index contributed by atoms with van der Waals surface area (Å²) >= 11 is 0. The minimum absolute atomic E-state index is 0.0287. The number of ether oxygens (including phenoxy) is 1. The number of carbonyl (C=O) groups excluding carboxylic acids is 4. The number of urea groups is 1. The molecule has 3 aliphatic rings. The number of nitrogens with one attached hydrogen (secondary N) is 1. The topological polar surface area (TPSA) is 138 Å². The Labute approximate surface area is 220 Å². The Balaban J connectivity index is 1.69. The number of pyridine rings is 1. The van der Waals surface area contributed by atoms with Crippen LogP contribution < -0.4 is 5.32 Å². The average molecular weight is 522 g/mol. The summed E-state index contributed by atoms with van der Waals surface area (Å²) in [6.07, 6.45) is 5.07. The standard InChI is InChI=1S/C26H31N7O5/c34-20(19-7-2-3-8-28-19)22-26(21(35)23-29-9-6-10-30-23,24(36)31-13-4-1-5-14-31)33(17-18-38-22)25(37)32-15-11-27-12-16-32/h2-3,6-10,22,27H,1,4-5,11-18H2. The van der Waals surface area contributed by atoms with Gasteiger partial charge in [-0.1, -0.05) is 6.07 Å². The van der Waals surface area contributed by atoms with Gasteiger partial charge in [0.15, 0.2) is 11.9 Å². The first-order valence-electron chi connectivity index (χ1n) is 13.0. The molecule has 0 radical (unpaired) electrons. The van der Waals surface area contributed by atoms with Crippen LogP contribution in [-0.4, -0.2) is 117 Å². The van der Waals surface area contributed by atoms with Crippen LogP contribution in [0.3, 0.4) is 0 Å². The largest absolute Gasteiger partial charge is 0.365 e. The molecule has 0 aliphatic carbocycles. The summed E-state index contributed by atoms with van der Waals surface area (Å²) < 4.78 is 5.99. The number of nitrogens with zero attached hydrogens (tertiary/aromatic N) is 6. The summed E-state index contributed by atoms with van der Waals surface area (Å²) in [6, 6.07) is 5.86. The number of amides is 3. The Morgan fingerprint density at radius 2 is 1.55 bits per heavy atom. The second-order valence-electron chi connectivity index (χ2n) is 9.52. The Bertz CT molecular complexity index is 1170. The molecule has 2 aromatic rings. The number of Topliss-reactive ketones (excluding diaryl/α,β-unsaturated/α-hetero) is 2. The summed E-state index contributed by atoms with van der Waals surface area (Å²) in [5, 5.41) is 3.20. The third kappa shape index (κ3) is 4.65. The molecule has 2 atom stereocenters. The molecule has 3 aliphatic heterocycles. The zero-order valence-electron chi connectivity index (χ0n) is 21.1. The monoisotopic (exact) mass is 521 g/mol. The quantitative estimate of drug-likeness (QED) is 0.438. The number of hydrogen-bond donors (Lipinski definition) is 1. The molecular formula is C26H31N7O5. The van der Waals surface area contributed by atoms with Gasteiger partial charge in [-0.3, -0.25) is 24.3 Å². The predicted molar refractivity (Wildman–Crippen MR) is 134 cm³/mol. The van der Waals surface area contributed by atoms with Crippen molar-refractivity contribution >= 4 is 23.5 Å². The van der Waals surface area contributed by atoms with E-state index in [0.717, 1.165) is 19.3 Å². The summed E-state index contributed by atoms with van der Waals surface area (Å²) in [7, 11) is 0. The molecule has 12 heteroatoms. The van der Waals surface area contributed by atoms with E-state index in [1.807, 2.05) is 0 Å². The molecule has 2 unspecified atom stereocenters. The molecular weight excluding hydrogens is 490 g/mol. The summed E-state index contributed by atoms with van der Waals surface area (Å²) in [6.45, 7) is 2.70. The third-order valence-electron chi connectivity index (χ3n) is 7.26. The molecule has 0 saturated carbocycles. The lowest BCUT2D eigenvalue weighted by atomic mass is 9.78. The van der Waals surface area contributed by atoms with Gasteiger partial charge in [-0.25, -0.2) is 14.8 Å². The summed E-state index contributed by atoms with van der Waals surface area (Å²) in [5.41, 5.74) is -2.29. The smallest absolute Gasteiger partial charge is 0.321 e. The zero-order valence-corrected chi connectivity index (χ0v) is 21.1. The van der Waals surface area contributed by atoms with Crippen LogP contribution in [0.5, 0.6) is 0 Å². The van der Waals surface area contributed by atoms with Gasteiger partial charge in [-0.15, -0.1) is 0 Å². The van der Waals surface area contributed by atoms with Crippen LogP contribution in [0.4, 0.5) is 4.79 Å². The van der Waals surface area contributed by atoms with Crippen LogP contribution in [-0.2, 0) is 9.53 Å². The highest BCUT2D eigenvalue weighted by Crippen LogP contribution is 2.35. The summed E-state index contributed by atoms with van der Waals surface area (Å²) in [4.78, 5) is 74.0. The van der Waals surface area contributed by atoms with Crippen molar-refractivity contribution < 1.29 is 23.9 Å². The van der Waals surface area contributed by atoms with Crippen LogP contribution >= 0.6 is 0 Å². The molecule has 2 aromatic heterocycles. The van der Waals surface area contributed by atoms with E-state index in [1.54, 1.807) is 28.0 Å². The molecule has 0 aromatic carbocycles. The average Bonchev–Trinajstić information content (AvgIpc) is 3.01. The van der Waals surface area contributed by atoms with Gasteiger partial charge in [0, 0.05) is 64.4 Å². The molecule has 200 valence electrons. The third-order valence-corrected chi connectivity index (χ3v) is 7.26. The molecule has 0 bridgehead atoms. The Hall–Kier alpha value is -3.77. The minimum atomic E-state index is -2.33. The first-order valence-corrected chi connectivity index (χ1v) is 13.0. The molecule has 3 saturated heterocycles. The van der Waals surface area contributed by atoms with Crippen molar-refractivity contribution in [2.45, 2.75) is 30.9 Å². The van der Waals surface area contributed by atoms with Crippen molar-refractivity contribution in [1.29, 1.82) is 0 Å². The van der Waals surface area contributed by atoms with Crippen LogP contribution in [0.15, 0.2) is 42.9 Å². The number of morpholine rings is 1. The number of piperidine rings is 1. The molecule has 3 amide bonds. The molecule has 3 fully saturated rings. The van der Waals surface area contributed by atoms with Gasteiger partial charge in [0.1, 0.15) is 5.69 Å². The maximum Gasteiger partial charge on any atom is 0.321 e. The number of ketones is 2. The zero-order chi connectivity index (χ0) is 26.5. The highest BCUT2D eigenvalue weighted by Gasteiger charge is 2.65. The van der Waals surface area contributed by atoms with Gasteiger partial charge in [0.25, 0.3) is 5.91 Å². The lowest BCUT2D eigenvalue weighted by Gasteiger charge is -2.51. The van der Waals surface area contributed by atoms with E-state index in [9.17, 15) is 19.2 Å². The van der Waals surface area contributed by atoms with Crippen LogP contribution in [0, 0.1) is 0 Å². The van der Waals surface area contributed by atoms with E-state index in [1.165, 1.54) is 29.6 Å². The van der Waals surface area contributed by atoms with Crippen LogP contribution in [0.1, 0.15) is 40.4 Å². The molecule has 38 heavy (non-hydrogen) atoms. The SMILES string of the molecule is O=C(c1ccccn1)C1OCCN(C(=O)N2CCNCC2)C1(C(=O)c1ncccn1)C(=O)N1CCCCC1. The van der Waals surface area contributed by atoms with Gasteiger partial charge >= 0.3 is 6.03 Å². The molecule has 1 N–H and O–H groups in total. The second-order valence-corrected chi connectivity index (χ2v) is 9.52. The van der Waals surface area contributed by atoms with E-state index in [-0.39, 0.29) is 24.7 Å². The highest BCUT2D eigenvalue weighted by molar-refractivity contribution is 6.23. The van der Waals surface area contributed by atoms with Gasteiger partial charge in [-0.05, 0) is 37.5 Å². The van der Waals surface area contributed by atoms with E-state index < -0.39 is 35.1 Å². The summed E-state index contributed by atoms with van der Waals surface area (Å²) in [5.74, 6) is -2.41. The molecule has 0 spiro atoms. The molecule has 5 heterocycles. The number of hydrogen-bond acceptors (Lipinski definition) is 9. The highest BCUT2D eigenvalue weighted by atomic mass is 16.5. The fourth-order valence-corrected chi connectivity index (χ4v) is 5.37. The van der Waals surface area contributed by atoms with Crippen LogP contribution in [0.25, 0.3) is 0 Å². The maximum absolute atomic E-state index is 14.6.